The molecule has 0 radical (unpaired) electrons. The summed E-state index contributed by atoms with van der Waals surface area (Å²) < 4.78 is 18.8. The monoisotopic (exact) mass is 451 g/mol. The normalized spacial score (nSPS) is 28.1. The van der Waals surface area contributed by atoms with Crippen LogP contribution >= 0.6 is 0 Å². The number of hydrogen-bond acceptors (Lipinski definition) is 5. The minimum atomic E-state index is -0.964. The first-order valence-corrected chi connectivity index (χ1v) is 11.9. The molecule has 2 aromatic rings. The maximum atomic E-state index is 10.9. The lowest BCUT2D eigenvalue weighted by atomic mass is 9.70. The largest absolute Gasteiger partial charge is 0.487 e. The molecular formula is C27H33NO5. The van der Waals surface area contributed by atoms with Crippen LogP contribution < -0.4 is 9.47 Å². The van der Waals surface area contributed by atoms with Gasteiger partial charge in [-0.15, -0.1) is 0 Å². The van der Waals surface area contributed by atoms with Crippen LogP contribution in [0.1, 0.15) is 49.5 Å². The zero-order chi connectivity index (χ0) is 23.2. The highest BCUT2D eigenvalue weighted by Gasteiger charge is 2.51. The number of aliphatic carboxylic acids is 1. The molecule has 33 heavy (non-hydrogen) atoms. The van der Waals surface area contributed by atoms with Gasteiger partial charge in [0.15, 0.2) is 6.61 Å². The van der Waals surface area contributed by atoms with Gasteiger partial charge >= 0.3 is 5.97 Å². The number of aryl methyl sites for hydroxylation is 1. The van der Waals surface area contributed by atoms with Crippen molar-refractivity contribution in [3.8, 4) is 11.5 Å². The maximum absolute atomic E-state index is 10.9. The molecule has 2 aromatic carbocycles. The SMILES string of the molecule is Cc1ccc2c(c1)OC(C)(C)[C@@H]1C[C@H]3CN(Cc4ccccc4OCC(=O)O)CC[C@H]3O[C@@H]21. The number of benzene rings is 2. The third-order valence-corrected chi connectivity index (χ3v) is 7.45. The van der Waals surface area contributed by atoms with Crippen molar-refractivity contribution in [2.24, 2.45) is 11.8 Å². The van der Waals surface area contributed by atoms with Gasteiger partial charge in [-0.1, -0.05) is 30.3 Å². The van der Waals surface area contributed by atoms with Crippen molar-refractivity contribution in [3.63, 3.8) is 0 Å². The third-order valence-electron chi connectivity index (χ3n) is 7.45. The number of carboxylic acids is 1. The van der Waals surface area contributed by atoms with E-state index in [0.29, 0.717) is 17.6 Å². The van der Waals surface area contributed by atoms with Crippen molar-refractivity contribution < 1.29 is 24.1 Å². The molecule has 0 unspecified atom stereocenters. The van der Waals surface area contributed by atoms with E-state index < -0.39 is 5.97 Å². The highest BCUT2D eigenvalue weighted by Crippen LogP contribution is 2.53. The molecule has 5 rings (SSSR count). The Labute approximate surface area is 195 Å². The fourth-order valence-corrected chi connectivity index (χ4v) is 5.79. The van der Waals surface area contributed by atoms with Crippen LogP contribution in [0.5, 0.6) is 11.5 Å². The molecule has 0 bridgehead atoms. The average molecular weight is 452 g/mol. The Balaban J connectivity index is 1.30. The lowest BCUT2D eigenvalue weighted by Gasteiger charge is -2.53. The topological polar surface area (TPSA) is 68.2 Å². The van der Waals surface area contributed by atoms with Gasteiger partial charge in [0.2, 0.25) is 0 Å². The van der Waals surface area contributed by atoms with E-state index in [0.717, 1.165) is 43.8 Å². The molecule has 0 amide bonds. The minimum absolute atomic E-state index is 0.0855. The van der Waals surface area contributed by atoms with Gasteiger partial charge in [0, 0.05) is 36.7 Å². The average Bonchev–Trinajstić information content (AvgIpc) is 2.77. The number of ether oxygens (including phenoxy) is 3. The number of carbonyl (C=O) groups is 1. The molecule has 0 aliphatic carbocycles. The van der Waals surface area contributed by atoms with E-state index in [1.165, 1.54) is 11.1 Å². The first-order chi connectivity index (χ1) is 15.8. The summed E-state index contributed by atoms with van der Waals surface area (Å²) in [6.07, 6.45) is 2.41. The van der Waals surface area contributed by atoms with Gasteiger partial charge in [0.05, 0.1) is 12.2 Å². The Morgan fingerprint density at radius 3 is 2.88 bits per heavy atom. The Kier molecular flexibility index (Phi) is 5.83. The van der Waals surface area contributed by atoms with Crippen molar-refractivity contribution in [1.29, 1.82) is 0 Å². The summed E-state index contributed by atoms with van der Waals surface area (Å²) in [6, 6.07) is 14.2. The summed E-state index contributed by atoms with van der Waals surface area (Å²) in [7, 11) is 0. The van der Waals surface area contributed by atoms with Crippen LogP contribution in [0.2, 0.25) is 0 Å². The highest BCUT2D eigenvalue weighted by atomic mass is 16.5. The molecule has 176 valence electrons. The third kappa shape index (κ3) is 4.46. The number of carboxylic acid groups (broad SMARTS) is 1. The highest BCUT2D eigenvalue weighted by molar-refractivity contribution is 5.68. The molecule has 3 heterocycles. The molecular weight excluding hydrogens is 418 g/mol. The van der Waals surface area contributed by atoms with E-state index in [1.807, 2.05) is 24.3 Å². The fraction of sp³-hybridized carbons (Fsp3) is 0.519. The molecule has 6 nitrogen and oxygen atoms in total. The lowest BCUT2D eigenvalue weighted by Crippen LogP contribution is -2.55. The molecule has 0 saturated carbocycles. The number of para-hydroxylation sites is 1. The van der Waals surface area contributed by atoms with Crippen LogP contribution in [0.4, 0.5) is 0 Å². The molecule has 2 fully saturated rings. The standard InChI is InChI=1S/C27H33NO5/c1-17-8-9-20-24(12-17)33-27(2,3)21-13-19-15-28(11-10-23(19)32-26(20)21)14-18-6-4-5-7-22(18)31-16-25(29)30/h4-9,12,19,21,23,26H,10-11,13-16H2,1-3H3,(H,29,30)/t19-,21+,23+,26-/m0/s1. The number of nitrogens with zero attached hydrogens (tertiary/aromatic N) is 1. The minimum Gasteiger partial charge on any atom is -0.487 e. The van der Waals surface area contributed by atoms with E-state index in [-0.39, 0.29) is 24.4 Å². The van der Waals surface area contributed by atoms with Gasteiger partial charge in [-0.2, -0.15) is 0 Å². The summed E-state index contributed by atoms with van der Waals surface area (Å²) in [5.41, 5.74) is 3.14. The van der Waals surface area contributed by atoms with Gasteiger partial charge in [-0.3, -0.25) is 4.90 Å². The maximum Gasteiger partial charge on any atom is 0.341 e. The van der Waals surface area contributed by atoms with E-state index in [4.69, 9.17) is 19.3 Å². The second-order valence-electron chi connectivity index (χ2n) is 10.3. The van der Waals surface area contributed by atoms with Gasteiger partial charge < -0.3 is 19.3 Å². The second kappa shape index (κ2) is 8.65. The summed E-state index contributed by atoms with van der Waals surface area (Å²) in [5.74, 6) is 1.40. The Bertz CT molecular complexity index is 1030. The first kappa shape index (κ1) is 22.2. The predicted molar refractivity (Wildman–Crippen MR) is 125 cm³/mol. The van der Waals surface area contributed by atoms with Crippen LogP contribution in [0.3, 0.4) is 0 Å². The van der Waals surface area contributed by atoms with Crippen molar-refractivity contribution >= 4 is 5.97 Å². The molecule has 6 heteroatoms. The number of likely N-dealkylation sites (tertiary alicyclic amines) is 1. The van der Waals surface area contributed by atoms with Crippen LogP contribution in [0.15, 0.2) is 42.5 Å². The van der Waals surface area contributed by atoms with E-state index in [2.05, 4.69) is 43.9 Å². The molecule has 3 aliphatic heterocycles. The van der Waals surface area contributed by atoms with Gasteiger partial charge in [-0.05, 0) is 57.2 Å². The van der Waals surface area contributed by atoms with Crippen LogP contribution in [0.25, 0.3) is 0 Å². The molecule has 1 N–H and O–H groups in total. The summed E-state index contributed by atoms with van der Waals surface area (Å²) in [4.78, 5) is 13.4. The van der Waals surface area contributed by atoms with E-state index in [9.17, 15) is 4.79 Å². The summed E-state index contributed by atoms with van der Waals surface area (Å²) in [6.45, 7) is 8.81. The predicted octanol–water partition coefficient (Wildman–Crippen LogP) is 4.60. The van der Waals surface area contributed by atoms with Crippen molar-refractivity contribution in [3.05, 3.63) is 59.2 Å². The molecule has 4 atom stereocenters. The number of rotatable bonds is 5. The Morgan fingerprint density at radius 1 is 1.24 bits per heavy atom. The van der Waals surface area contributed by atoms with Gasteiger partial charge in [0.1, 0.15) is 17.1 Å². The lowest BCUT2D eigenvalue weighted by molar-refractivity contribution is -0.187. The summed E-state index contributed by atoms with van der Waals surface area (Å²) >= 11 is 0. The van der Waals surface area contributed by atoms with Crippen molar-refractivity contribution in [2.45, 2.75) is 58.0 Å². The summed E-state index contributed by atoms with van der Waals surface area (Å²) in [5, 5.41) is 8.97. The van der Waals surface area contributed by atoms with E-state index in [1.54, 1.807) is 0 Å². The molecule has 0 spiro atoms. The molecule has 3 aliphatic rings. The molecule has 0 aromatic heterocycles. The number of fused-ring (bicyclic) bond motifs is 4. The molecule has 2 saturated heterocycles. The van der Waals surface area contributed by atoms with Gasteiger partial charge in [-0.25, -0.2) is 4.79 Å². The number of piperidine rings is 1. The number of hydrogen-bond donors (Lipinski definition) is 1. The van der Waals surface area contributed by atoms with Crippen molar-refractivity contribution in [1.82, 2.24) is 4.90 Å². The smallest absolute Gasteiger partial charge is 0.341 e. The van der Waals surface area contributed by atoms with Crippen LogP contribution in [0, 0.1) is 18.8 Å². The van der Waals surface area contributed by atoms with Crippen LogP contribution in [-0.4, -0.2) is 47.4 Å². The Hall–Kier alpha value is -2.57. The van der Waals surface area contributed by atoms with Crippen LogP contribution in [-0.2, 0) is 16.1 Å². The van der Waals surface area contributed by atoms with Crippen molar-refractivity contribution in [2.75, 3.05) is 19.7 Å². The first-order valence-electron chi connectivity index (χ1n) is 11.9. The van der Waals surface area contributed by atoms with E-state index >= 15 is 0 Å². The quantitative estimate of drug-likeness (QED) is 0.717. The Morgan fingerprint density at radius 2 is 2.06 bits per heavy atom. The zero-order valence-corrected chi connectivity index (χ0v) is 19.6. The zero-order valence-electron chi connectivity index (χ0n) is 19.6. The van der Waals surface area contributed by atoms with Gasteiger partial charge in [0.25, 0.3) is 0 Å². The second-order valence-corrected chi connectivity index (χ2v) is 10.3. The fourth-order valence-electron chi connectivity index (χ4n) is 5.79.